The highest BCUT2D eigenvalue weighted by Crippen LogP contribution is 2.62. The molecule has 2 aliphatic rings. The van der Waals surface area contributed by atoms with Crippen molar-refractivity contribution in [2.45, 2.75) is 5.41 Å². The van der Waals surface area contributed by atoms with E-state index in [4.69, 9.17) is 14.7 Å². The molecule has 2 heterocycles. The lowest BCUT2D eigenvalue weighted by molar-refractivity contribution is 0.436. The number of para-hydroxylation sites is 1. The molecule has 0 N–H and O–H groups in total. The molecule has 0 bridgehead atoms. The third-order valence-corrected chi connectivity index (χ3v) is 11.4. The Labute approximate surface area is 326 Å². The Morgan fingerprint density at radius 3 is 1.50 bits per heavy atom. The van der Waals surface area contributed by atoms with Gasteiger partial charge in [0, 0.05) is 27.8 Å². The van der Waals surface area contributed by atoms with Gasteiger partial charge in [0.2, 0.25) is 0 Å². The van der Waals surface area contributed by atoms with Crippen molar-refractivity contribution in [3.63, 3.8) is 0 Å². The van der Waals surface area contributed by atoms with Gasteiger partial charge in [-0.05, 0) is 62.7 Å². The van der Waals surface area contributed by atoms with E-state index in [0.717, 1.165) is 67.4 Å². The fraction of sp³-hybridized carbons (Fsp3) is 0.0189. The molecule has 11 rings (SSSR count). The Bertz CT molecular complexity index is 2890. The third-order valence-electron chi connectivity index (χ3n) is 11.4. The van der Waals surface area contributed by atoms with Gasteiger partial charge in [-0.3, -0.25) is 0 Å². The maximum atomic E-state index is 6.78. The molecule has 3 heteroatoms. The summed E-state index contributed by atoms with van der Waals surface area (Å²) < 4.78 is 6.78. The molecule has 1 aliphatic carbocycles. The van der Waals surface area contributed by atoms with E-state index in [9.17, 15) is 0 Å². The molecule has 0 unspecified atom stereocenters. The van der Waals surface area contributed by atoms with Gasteiger partial charge in [0.15, 0.2) is 5.82 Å². The van der Waals surface area contributed by atoms with Crippen LogP contribution in [0.3, 0.4) is 0 Å². The molecule has 1 aliphatic heterocycles. The number of benzene rings is 8. The number of rotatable bonds is 5. The number of fused-ring (bicyclic) bond motifs is 9. The Kier molecular flexibility index (Phi) is 7.39. The molecule has 8 aromatic carbocycles. The van der Waals surface area contributed by atoms with Crippen molar-refractivity contribution < 1.29 is 4.74 Å². The van der Waals surface area contributed by atoms with Crippen LogP contribution in [0.5, 0.6) is 11.5 Å². The SMILES string of the molecule is c1ccc(-c2nc(-c3ccc(-c4ccc5c(c4)Oc4ccccc4C54c5ccccc5-c5ccccc54)cc3)cc(-c3ccccc3-c3ccccc3)n2)cc1. The van der Waals surface area contributed by atoms with E-state index < -0.39 is 5.41 Å². The Balaban J connectivity index is 1.01. The van der Waals surface area contributed by atoms with E-state index in [1.54, 1.807) is 0 Å². The smallest absolute Gasteiger partial charge is 0.160 e. The van der Waals surface area contributed by atoms with Gasteiger partial charge in [-0.1, -0.05) is 188 Å². The molecule has 3 nitrogen and oxygen atoms in total. The van der Waals surface area contributed by atoms with Gasteiger partial charge >= 0.3 is 0 Å². The quantitative estimate of drug-likeness (QED) is 0.178. The Morgan fingerprint density at radius 1 is 0.304 bits per heavy atom. The van der Waals surface area contributed by atoms with Crippen molar-refractivity contribution in [3.8, 4) is 78.8 Å². The molecule has 0 saturated carbocycles. The molecule has 0 fully saturated rings. The summed E-state index contributed by atoms with van der Waals surface area (Å²) in [5, 5.41) is 0. The lowest BCUT2D eigenvalue weighted by Gasteiger charge is -2.39. The summed E-state index contributed by atoms with van der Waals surface area (Å²) in [6.07, 6.45) is 0. The average molecular weight is 715 g/mol. The van der Waals surface area contributed by atoms with Crippen LogP contribution < -0.4 is 4.74 Å². The fourth-order valence-corrected chi connectivity index (χ4v) is 8.90. The number of hydrogen-bond donors (Lipinski definition) is 0. The lowest BCUT2D eigenvalue weighted by Crippen LogP contribution is -2.32. The summed E-state index contributed by atoms with van der Waals surface area (Å²) in [4.78, 5) is 10.3. The van der Waals surface area contributed by atoms with Crippen LogP contribution in [0.4, 0.5) is 0 Å². The molecule has 262 valence electrons. The highest BCUT2D eigenvalue weighted by Gasteiger charge is 2.50. The predicted molar refractivity (Wildman–Crippen MR) is 227 cm³/mol. The summed E-state index contributed by atoms with van der Waals surface area (Å²) >= 11 is 0. The normalized spacial score (nSPS) is 12.9. The van der Waals surface area contributed by atoms with E-state index in [-0.39, 0.29) is 0 Å². The zero-order valence-electron chi connectivity index (χ0n) is 30.4. The molecule has 9 aromatic rings. The fourth-order valence-electron chi connectivity index (χ4n) is 8.90. The minimum absolute atomic E-state index is 0.472. The maximum absolute atomic E-state index is 6.78. The van der Waals surface area contributed by atoms with Crippen LogP contribution in [0.15, 0.2) is 206 Å². The Morgan fingerprint density at radius 2 is 0.804 bits per heavy atom. The van der Waals surface area contributed by atoms with Crippen molar-refractivity contribution in [1.29, 1.82) is 0 Å². The number of ether oxygens (including phenoxy) is 1. The first kappa shape index (κ1) is 32.1. The minimum atomic E-state index is -0.472. The molecule has 1 aromatic heterocycles. The van der Waals surface area contributed by atoms with Crippen molar-refractivity contribution >= 4 is 0 Å². The van der Waals surface area contributed by atoms with Crippen LogP contribution in [0.25, 0.3) is 67.3 Å². The van der Waals surface area contributed by atoms with Gasteiger partial charge in [-0.2, -0.15) is 0 Å². The van der Waals surface area contributed by atoms with E-state index in [1.807, 2.05) is 24.3 Å². The van der Waals surface area contributed by atoms with Crippen LogP contribution >= 0.6 is 0 Å². The standard InChI is InChI=1S/C53H34N2O/c1-3-15-36(16-4-1)40-19-7-8-22-43(40)49-34-48(54-52(55-49)38-17-5-2-6-18-38)37-29-27-35(28-30-37)39-31-32-47-51(33-39)56-50-26-14-13-25-46(50)53(47)44-23-11-9-20-41(44)42-21-10-12-24-45(42)53/h1-34H. The molecule has 0 amide bonds. The van der Waals surface area contributed by atoms with Crippen LogP contribution in [-0.2, 0) is 5.41 Å². The molecule has 0 radical (unpaired) electrons. The van der Waals surface area contributed by atoms with Crippen LogP contribution in [0.1, 0.15) is 22.3 Å². The van der Waals surface area contributed by atoms with E-state index in [0.29, 0.717) is 5.82 Å². The first-order chi connectivity index (χ1) is 27.8. The maximum Gasteiger partial charge on any atom is 0.160 e. The number of hydrogen-bond acceptors (Lipinski definition) is 3. The summed E-state index contributed by atoms with van der Waals surface area (Å²) in [6, 6.07) is 72.9. The van der Waals surface area contributed by atoms with Gasteiger partial charge in [0.25, 0.3) is 0 Å². The van der Waals surface area contributed by atoms with Gasteiger partial charge in [0.05, 0.1) is 16.8 Å². The first-order valence-electron chi connectivity index (χ1n) is 19.1. The van der Waals surface area contributed by atoms with E-state index in [1.165, 1.54) is 27.8 Å². The number of aromatic nitrogens is 2. The van der Waals surface area contributed by atoms with Crippen LogP contribution in [0.2, 0.25) is 0 Å². The van der Waals surface area contributed by atoms with Gasteiger partial charge in [-0.25, -0.2) is 9.97 Å². The van der Waals surface area contributed by atoms with E-state index in [2.05, 4.69) is 182 Å². The highest BCUT2D eigenvalue weighted by atomic mass is 16.5. The molecule has 56 heavy (non-hydrogen) atoms. The Hall–Kier alpha value is -7.36. The average Bonchev–Trinajstić information content (AvgIpc) is 3.57. The molecule has 0 atom stereocenters. The monoisotopic (exact) mass is 714 g/mol. The van der Waals surface area contributed by atoms with Crippen LogP contribution in [-0.4, -0.2) is 9.97 Å². The van der Waals surface area contributed by atoms with Gasteiger partial charge in [-0.15, -0.1) is 0 Å². The zero-order chi connectivity index (χ0) is 37.1. The summed E-state index contributed by atoms with van der Waals surface area (Å²) in [5.41, 5.74) is 16.3. The second-order valence-electron chi connectivity index (χ2n) is 14.5. The summed E-state index contributed by atoms with van der Waals surface area (Å²) in [5.74, 6) is 2.46. The van der Waals surface area contributed by atoms with Crippen molar-refractivity contribution in [3.05, 3.63) is 229 Å². The third kappa shape index (κ3) is 4.98. The molecule has 0 saturated heterocycles. The van der Waals surface area contributed by atoms with Gasteiger partial charge < -0.3 is 4.74 Å². The number of nitrogens with zero attached hydrogens (tertiary/aromatic N) is 2. The summed E-state index contributed by atoms with van der Waals surface area (Å²) in [7, 11) is 0. The second-order valence-corrected chi connectivity index (χ2v) is 14.5. The first-order valence-corrected chi connectivity index (χ1v) is 19.1. The van der Waals surface area contributed by atoms with Crippen molar-refractivity contribution in [2.75, 3.05) is 0 Å². The molecular weight excluding hydrogens is 681 g/mol. The second kappa shape index (κ2) is 12.9. The molecular formula is C53H34N2O. The minimum Gasteiger partial charge on any atom is -0.457 e. The largest absolute Gasteiger partial charge is 0.457 e. The van der Waals surface area contributed by atoms with E-state index >= 15 is 0 Å². The zero-order valence-corrected chi connectivity index (χ0v) is 30.4. The van der Waals surface area contributed by atoms with Crippen molar-refractivity contribution in [2.24, 2.45) is 0 Å². The van der Waals surface area contributed by atoms with Crippen LogP contribution in [0, 0.1) is 0 Å². The van der Waals surface area contributed by atoms with Gasteiger partial charge in [0.1, 0.15) is 11.5 Å². The topological polar surface area (TPSA) is 35.0 Å². The van der Waals surface area contributed by atoms with Crippen molar-refractivity contribution in [1.82, 2.24) is 9.97 Å². The molecule has 1 spiro atoms. The summed E-state index contributed by atoms with van der Waals surface area (Å²) in [6.45, 7) is 0. The predicted octanol–water partition coefficient (Wildman–Crippen LogP) is 13.3. The highest BCUT2D eigenvalue weighted by molar-refractivity contribution is 5.89. The lowest BCUT2D eigenvalue weighted by atomic mass is 9.66.